The van der Waals surface area contributed by atoms with Crippen LogP contribution in [-0.4, -0.2) is 7.11 Å². The molecule has 1 nitrogen and oxygen atoms in total. The fraction of sp³-hybridized carbons (Fsp3) is 0.375. The van der Waals surface area contributed by atoms with Crippen molar-refractivity contribution >= 4 is 10.8 Å². The molecule has 90 valence electrons. The molecular weight excluding hydrogens is 208 g/mol. The normalized spacial score (nSPS) is 11.8. The number of fused-ring (bicyclic) bond motifs is 1. The summed E-state index contributed by atoms with van der Waals surface area (Å²) < 4.78 is 5.43. The van der Waals surface area contributed by atoms with Crippen molar-refractivity contribution < 1.29 is 4.74 Å². The molecule has 2 aromatic carbocycles. The molecule has 0 heterocycles. The van der Waals surface area contributed by atoms with Crippen molar-refractivity contribution in [2.45, 2.75) is 32.6 Å². The minimum Gasteiger partial charge on any atom is -0.496 e. The SMILES string of the molecule is CCC(C)(C)c1ccc2cccc(OC)c2c1. The zero-order chi connectivity index (χ0) is 12.5. The Bertz CT molecular complexity index is 526. The number of methoxy groups -OCH3 is 1. The molecule has 1 heteroatoms. The maximum absolute atomic E-state index is 5.43. The predicted molar refractivity (Wildman–Crippen MR) is 73.8 cm³/mol. The van der Waals surface area contributed by atoms with E-state index < -0.39 is 0 Å². The van der Waals surface area contributed by atoms with Crippen LogP contribution in [0.2, 0.25) is 0 Å². The summed E-state index contributed by atoms with van der Waals surface area (Å²) in [6.07, 6.45) is 1.13. The number of hydrogen-bond acceptors (Lipinski definition) is 1. The Morgan fingerprint density at radius 2 is 1.88 bits per heavy atom. The Kier molecular flexibility index (Phi) is 3.10. The van der Waals surface area contributed by atoms with E-state index >= 15 is 0 Å². The molecule has 0 saturated carbocycles. The van der Waals surface area contributed by atoms with Crippen molar-refractivity contribution in [3.05, 3.63) is 42.0 Å². The highest BCUT2D eigenvalue weighted by Crippen LogP contribution is 2.32. The molecule has 0 aliphatic rings. The highest BCUT2D eigenvalue weighted by molar-refractivity contribution is 5.89. The summed E-state index contributed by atoms with van der Waals surface area (Å²) in [6, 6.07) is 12.9. The van der Waals surface area contributed by atoms with Gasteiger partial charge in [0, 0.05) is 5.39 Å². The Morgan fingerprint density at radius 3 is 2.53 bits per heavy atom. The van der Waals surface area contributed by atoms with Gasteiger partial charge in [-0.3, -0.25) is 0 Å². The molecule has 0 spiro atoms. The van der Waals surface area contributed by atoms with Gasteiger partial charge in [-0.25, -0.2) is 0 Å². The number of rotatable bonds is 3. The molecule has 0 aliphatic heterocycles. The maximum atomic E-state index is 5.43. The third kappa shape index (κ3) is 2.14. The van der Waals surface area contributed by atoms with Gasteiger partial charge >= 0.3 is 0 Å². The molecule has 0 N–H and O–H groups in total. The summed E-state index contributed by atoms with van der Waals surface area (Å²) in [5.74, 6) is 0.955. The first-order chi connectivity index (χ1) is 8.08. The van der Waals surface area contributed by atoms with E-state index in [1.165, 1.54) is 16.3 Å². The van der Waals surface area contributed by atoms with Crippen LogP contribution in [0.1, 0.15) is 32.8 Å². The van der Waals surface area contributed by atoms with Gasteiger partial charge in [-0.2, -0.15) is 0 Å². The summed E-state index contributed by atoms with van der Waals surface area (Å²) >= 11 is 0. The first kappa shape index (κ1) is 12.0. The fourth-order valence-electron chi connectivity index (χ4n) is 2.05. The van der Waals surface area contributed by atoms with Crippen LogP contribution in [0.15, 0.2) is 36.4 Å². The second-order valence-corrected chi connectivity index (χ2v) is 5.13. The Balaban J connectivity index is 2.64. The summed E-state index contributed by atoms with van der Waals surface area (Å²) in [5.41, 5.74) is 1.59. The van der Waals surface area contributed by atoms with Crippen LogP contribution in [0.3, 0.4) is 0 Å². The van der Waals surface area contributed by atoms with Crippen LogP contribution in [0, 0.1) is 0 Å². The van der Waals surface area contributed by atoms with E-state index in [0.717, 1.165) is 12.2 Å². The van der Waals surface area contributed by atoms with Gasteiger partial charge in [-0.15, -0.1) is 0 Å². The van der Waals surface area contributed by atoms with Gasteiger partial charge in [0.25, 0.3) is 0 Å². The van der Waals surface area contributed by atoms with Crippen molar-refractivity contribution in [3.8, 4) is 5.75 Å². The highest BCUT2D eigenvalue weighted by atomic mass is 16.5. The average molecular weight is 228 g/mol. The monoisotopic (exact) mass is 228 g/mol. The van der Waals surface area contributed by atoms with Crippen LogP contribution in [0.5, 0.6) is 5.75 Å². The zero-order valence-corrected chi connectivity index (χ0v) is 11.1. The van der Waals surface area contributed by atoms with Gasteiger partial charge in [-0.05, 0) is 34.9 Å². The second-order valence-electron chi connectivity index (χ2n) is 5.13. The summed E-state index contributed by atoms with van der Waals surface area (Å²) in [6.45, 7) is 6.79. The van der Waals surface area contributed by atoms with E-state index in [1.807, 2.05) is 12.1 Å². The lowest BCUT2D eigenvalue weighted by Gasteiger charge is -2.24. The van der Waals surface area contributed by atoms with E-state index in [-0.39, 0.29) is 5.41 Å². The lowest BCUT2D eigenvalue weighted by atomic mass is 9.81. The standard InChI is InChI=1S/C16H20O/c1-5-16(2,3)13-10-9-12-7-6-8-15(17-4)14(12)11-13/h6-11H,5H2,1-4H3. The van der Waals surface area contributed by atoms with Crippen LogP contribution < -0.4 is 4.74 Å². The van der Waals surface area contributed by atoms with Crippen molar-refractivity contribution in [3.63, 3.8) is 0 Å². The number of hydrogen-bond donors (Lipinski definition) is 0. The third-order valence-electron chi connectivity index (χ3n) is 3.73. The van der Waals surface area contributed by atoms with Crippen molar-refractivity contribution in [1.29, 1.82) is 0 Å². The quantitative estimate of drug-likeness (QED) is 0.749. The second kappa shape index (κ2) is 4.40. The minimum atomic E-state index is 0.217. The Labute approximate surface area is 103 Å². The van der Waals surface area contributed by atoms with Crippen LogP contribution in [0.4, 0.5) is 0 Å². The van der Waals surface area contributed by atoms with Gasteiger partial charge < -0.3 is 4.74 Å². The zero-order valence-electron chi connectivity index (χ0n) is 11.1. The van der Waals surface area contributed by atoms with Crippen LogP contribution in [0.25, 0.3) is 10.8 Å². The number of ether oxygens (including phenoxy) is 1. The van der Waals surface area contributed by atoms with Crippen molar-refractivity contribution in [2.75, 3.05) is 7.11 Å². The molecular formula is C16H20O. The Morgan fingerprint density at radius 1 is 1.12 bits per heavy atom. The smallest absolute Gasteiger partial charge is 0.126 e. The summed E-state index contributed by atoms with van der Waals surface area (Å²) in [7, 11) is 1.73. The van der Waals surface area contributed by atoms with Gasteiger partial charge in [-0.1, -0.05) is 45.0 Å². The predicted octanol–water partition coefficient (Wildman–Crippen LogP) is 4.54. The lowest BCUT2D eigenvalue weighted by Crippen LogP contribution is -2.15. The lowest BCUT2D eigenvalue weighted by molar-refractivity contribution is 0.419. The van der Waals surface area contributed by atoms with Gasteiger partial charge in [0.15, 0.2) is 0 Å². The van der Waals surface area contributed by atoms with Crippen molar-refractivity contribution in [1.82, 2.24) is 0 Å². The highest BCUT2D eigenvalue weighted by Gasteiger charge is 2.18. The first-order valence-electron chi connectivity index (χ1n) is 6.16. The van der Waals surface area contributed by atoms with E-state index in [9.17, 15) is 0 Å². The summed E-state index contributed by atoms with van der Waals surface area (Å²) in [4.78, 5) is 0. The molecule has 0 atom stereocenters. The molecule has 0 fully saturated rings. The van der Waals surface area contributed by atoms with E-state index in [2.05, 4.69) is 45.0 Å². The molecule has 17 heavy (non-hydrogen) atoms. The molecule has 0 saturated heterocycles. The third-order valence-corrected chi connectivity index (χ3v) is 3.73. The van der Waals surface area contributed by atoms with E-state index in [1.54, 1.807) is 7.11 Å². The topological polar surface area (TPSA) is 9.23 Å². The maximum Gasteiger partial charge on any atom is 0.126 e. The van der Waals surface area contributed by atoms with Gasteiger partial charge in [0.05, 0.1) is 7.11 Å². The number of benzene rings is 2. The molecule has 0 unspecified atom stereocenters. The summed E-state index contributed by atoms with van der Waals surface area (Å²) in [5, 5.41) is 2.44. The molecule has 0 aromatic heterocycles. The average Bonchev–Trinajstić information content (AvgIpc) is 2.37. The van der Waals surface area contributed by atoms with Crippen LogP contribution >= 0.6 is 0 Å². The Hall–Kier alpha value is -1.50. The molecule has 0 aliphatic carbocycles. The molecule has 0 bridgehead atoms. The minimum absolute atomic E-state index is 0.217. The van der Waals surface area contributed by atoms with Crippen LogP contribution in [-0.2, 0) is 5.41 Å². The fourth-order valence-corrected chi connectivity index (χ4v) is 2.05. The molecule has 2 aromatic rings. The van der Waals surface area contributed by atoms with Gasteiger partial charge in [0.2, 0.25) is 0 Å². The molecule has 0 amide bonds. The molecule has 2 rings (SSSR count). The van der Waals surface area contributed by atoms with Gasteiger partial charge in [0.1, 0.15) is 5.75 Å². The van der Waals surface area contributed by atoms with Crippen molar-refractivity contribution in [2.24, 2.45) is 0 Å². The molecule has 0 radical (unpaired) electrons. The van der Waals surface area contributed by atoms with E-state index in [0.29, 0.717) is 0 Å². The first-order valence-corrected chi connectivity index (χ1v) is 6.16. The van der Waals surface area contributed by atoms with E-state index in [4.69, 9.17) is 4.74 Å². The largest absolute Gasteiger partial charge is 0.496 e.